The largest absolute Gasteiger partial charge is 0.315 e. The van der Waals surface area contributed by atoms with Crippen molar-refractivity contribution in [3.05, 3.63) is 35.6 Å². The van der Waals surface area contributed by atoms with Crippen molar-refractivity contribution in [3.8, 4) is 0 Å². The molecule has 0 aliphatic carbocycles. The fraction of sp³-hybridized carbons (Fsp3) is 0.500. The summed E-state index contributed by atoms with van der Waals surface area (Å²) >= 11 is 0. The van der Waals surface area contributed by atoms with Crippen molar-refractivity contribution in [1.29, 1.82) is 0 Å². The minimum absolute atomic E-state index is 0.0837. The fourth-order valence-electron chi connectivity index (χ4n) is 2.09. The van der Waals surface area contributed by atoms with Crippen LogP contribution in [0.5, 0.6) is 0 Å². The molecule has 0 amide bonds. The van der Waals surface area contributed by atoms with E-state index in [1.807, 2.05) is 12.1 Å². The summed E-state index contributed by atoms with van der Waals surface area (Å²) in [5.41, 5.74) is 0.832. The van der Waals surface area contributed by atoms with Crippen molar-refractivity contribution >= 4 is 0 Å². The van der Waals surface area contributed by atoms with Crippen molar-refractivity contribution < 1.29 is 4.39 Å². The van der Waals surface area contributed by atoms with Crippen LogP contribution in [-0.2, 0) is 0 Å². The average Bonchev–Trinajstić information content (AvgIpc) is 2.43. The lowest BCUT2D eigenvalue weighted by Crippen LogP contribution is -2.25. The first-order valence-corrected chi connectivity index (χ1v) is 5.41. The Bertz CT molecular complexity index is 327. The molecule has 1 aromatic carbocycles. The molecule has 82 valence electrons. The lowest BCUT2D eigenvalue weighted by Gasteiger charge is -2.20. The quantitative estimate of drug-likeness (QED) is 0.751. The van der Waals surface area contributed by atoms with Gasteiger partial charge in [0, 0.05) is 32.1 Å². The van der Waals surface area contributed by atoms with Gasteiger partial charge in [-0.3, -0.25) is 0 Å². The summed E-state index contributed by atoms with van der Waals surface area (Å²) in [6.45, 7) is 3.81. The van der Waals surface area contributed by atoms with Gasteiger partial charge in [-0.1, -0.05) is 18.2 Å². The van der Waals surface area contributed by atoms with Crippen LogP contribution in [0.2, 0.25) is 0 Å². The van der Waals surface area contributed by atoms with E-state index in [1.54, 1.807) is 12.1 Å². The molecule has 15 heavy (non-hydrogen) atoms. The van der Waals surface area contributed by atoms with Crippen LogP contribution in [0.1, 0.15) is 11.5 Å². The van der Waals surface area contributed by atoms with Crippen molar-refractivity contribution in [1.82, 2.24) is 10.2 Å². The van der Waals surface area contributed by atoms with E-state index in [0.29, 0.717) is 0 Å². The maximum atomic E-state index is 13.6. The Labute approximate surface area is 90.1 Å². The third-order valence-corrected chi connectivity index (χ3v) is 2.94. The highest BCUT2D eigenvalue weighted by Crippen LogP contribution is 2.20. The van der Waals surface area contributed by atoms with Crippen molar-refractivity contribution in [2.45, 2.75) is 5.92 Å². The summed E-state index contributed by atoms with van der Waals surface area (Å²) < 4.78 is 13.6. The predicted octanol–water partition coefficient (Wildman–Crippen LogP) is 1.44. The summed E-state index contributed by atoms with van der Waals surface area (Å²) in [7, 11) is 2.08. The number of benzene rings is 1. The fourth-order valence-corrected chi connectivity index (χ4v) is 2.09. The van der Waals surface area contributed by atoms with Crippen LogP contribution in [0.4, 0.5) is 4.39 Å². The number of hydrogen-bond acceptors (Lipinski definition) is 2. The van der Waals surface area contributed by atoms with Crippen LogP contribution < -0.4 is 5.32 Å². The third kappa shape index (κ3) is 2.55. The van der Waals surface area contributed by atoms with E-state index >= 15 is 0 Å². The Morgan fingerprint density at radius 2 is 2.20 bits per heavy atom. The molecule has 0 saturated carbocycles. The second kappa shape index (κ2) is 4.73. The molecule has 1 aliphatic heterocycles. The molecule has 2 rings (SSSR count). The van der Waals surface area contributed by atoms with Crippen LogP contribution >= 0.6 is 0 Å². The zero-order chi connectivity index (χ0) is 10.7. The highest BCUT2D eigenvalue weighted by molar-refractivity contribution is 5.22. The molecule has 1 aliphatic rings. The molecule has 1 saturated heterocycles. The number of hydrogen-bond donors (Lipinski definition) is 1. The molecule has 1 aromatic rings. The third-order valence-electron chi connectivity index (χ3n) is 2.94. The summed E-state index contributed by atoms with van der Waals surface area (Å²) in [5, 5.41) is 3.35. The molecule has 1 unspecified atom stereocenters. The Balaban J connectivity index is 2.18. The molecular weight excluding hydrogens is 191 g/mol. The molecule has 1 heterocycles. The minimum Gasteiger partial charge on any atom is -0.315 e. The maximum absolute atomic E-state index is 13.6. The molecular formula is C12H17FN2. The average molecular weight is 208 g/mol. The first kappa shape index (κ1) is 10.6. The molecule has 0 radical (unpaired) electrons. The van der Waals surface area contributed by atoms with E-state index < -0.39 is 0 Å². The summed E-state index contributed by atoms with van der Waals surface area (Å²) in [6, 6.07) is 7.08. The predicted molar refractivity (Wildman–Crippen MR) is 59.5 cm³/mol. The Kier molecular flexibility index (Phi) is 3.34. The second-order valence-electron chi connectivity index (χ2n) is 4.18. The number of nitrogens with one attached hydrogen (secondary N) is 1. The molecule has 1 fully saturated rings. The lowest BCUT2D eigenvalue weighted by atomic mass is 9.98. The molecule has 0 spiro atoms. The van der Waals surface area contributed by atoms with Crippen LogP contribution in [0, 0.1) is 5.82 Å². The van der Waals surface area contributed by atoms with Gasteiger partial charge >= 0.3 is 0 Å². The van der Waals surface area contributed by atoms with Crippen LogP contribution in [0.25, 0.3) is 0 Å². The first-order chi connectivity index (χ1) is 7.27. The molecule has 0 bridgehead atoms. The van der Waals surface area contributed by atoms with Gasteiger partial charge in [-0.2, -0.15) is 0 Å². The maximum Gasteiger partial charge on any atom is 0.126 e. The Morgan fingerprint density at radius 1 is 1.40 bits per heavy atom. The van der Waals surface area contributed by atoms with Gasteiger partial charge in [-0.25, -0.2) is 4.39 Å². The van der Waals surface area contributed by atoms with Gasteiger partial charge in [0.1, 0.15) is 5.82 Å². The van der Waals surface area contributed by atoms with E-state index in [1.165, 1.54) is 0 Å². The number of rotatable bonds is 1. The second-order valence-corrected chi connectivity index (χ2v) is 4.18. The van der Waals surface area contributed by atoms with Gasteiger partial charge in [0.05, 0.1) is 0 Å². The van der Waals surface area contributed by atoms with Gasteiger partial charge < -0.3 is 10.2 Å². The number of likely N-dealkylation sites (N-methyl/N-ethyl adjacent to an activating group) is 1. The number of nitrogens with zero attached hydrogens (tertiary/aromatic N) is 1. The normalized spacial score (nSPS) is 23.7. The standard InChI is InChI=1S/C12H17FN2/c1-15-7-6-14-8-10(9-15)11-4-2-3-5-12(11)13/h2-5,10,14H,6-9H2,1H3. The monoisotopic (exact) mass is 208 g/mol. The van der Waals surface area contributed by atoms with Crippen LogP contribution in [-0.4, -0.2) is 38.1 Å². The molecule has 3 heteroatoms. The topological polar surface area (TPSA) is 15.3 Å². The first-order valence-electron chi connectivity index (χ1n) is 5.41. The molecule has 1 atom stereocenters. The van der Waals surface area contributed by atoms with Gasteiger partial charge in [-0.05, 0) is 18.7 Å². The minimum atomic E-state index is -0.0837. The van der Waals surface area contributed by atoms with Gasteiger partial charge in [0.15, 0.2) is 0 Å². The van der Waals surface area contributed by atoms with E-state index in [9.17, 15) is 4.39 Å². The van der Waals surface area contributed by atoms with Crippen molar-refractivity contribution in [3.63, 3.8) is 0 Å². The molecule has 1 N–H and O–H groups in total. The van der Waals surface area contributed by atoms with Crippen molar-refractivity contribution in [2.24, 2.45) is 0 Å². The van der Waals surface area contributed by atoms with Gasteiger partial charge in [0.2, 0.25) is 0 Å². The summed E-state index contributed by atoms with van der Waals surface area (Å²) in [6.07, 6.45) is 0. The zero-order valence-electron chi connectivity index (χ0n) is 9.04. The SMILES string of the molecule is CN1CCNCC(c2ccccc2F)C1. The number of halogens is 1. The van der Waals surface area contributed by atoms with Crippen molar-refractivity contribution in [2.75, 3.05) is 33.2 Å². The Hall–Kier alpha value is -0.930. The smallest absolute Gasteiger partial charge is 0.126 e. The molecule has 2 nitrogen and oxygen atoms in total. The lowest BCUT2D eigenvalue weighted by molar-refractivity contribution is 0.339. The van der Waals surface area contributed by atoms with E-state index in [0.717, 1.165) is 31.7 Å². The molecule has 0 aromatic heterocycles. The summed E-state index contributed by atoms with van der Waals surface area (Å²) in [5.74, 6) is 0.179. The highest BCUT2D eigenvalue weighted by atomic mass is 19.1. The van der Waals surface area contributed by atoms with E-state index in [2.05, 4.69) is 17.3 Å². The van der Waals surface area contributed by atoms with Gasteiger partial charge in [0.25, 0.3) is 0 Å². The van der Waals surface area contributed by atoms with Gasteiger partial charge in [-0.15, -0.1) is 0 Å². The zero-order valence-corrected chi connectivity index (χ0v) is 9.04. The summed E-state index contributed by atoms with van der Waals surface area (Å²) in [4.78, 5) is 2.25. The Morgan fingerprint density at radius 3 is 3.00 bits per heavy atom. The van der Waals surface area contributed by atoms with Crippen LogP contribution in [0.15, 0.2) is 24.3 Å². The van der Waals surface area contributed by atoms with Crippen LogP contribution in [0.3, 0.4) is 0 Å². The van der Waals surface area contributed by atoms with E-state index in [4.69, 9.17) is 0 Å². The van der Waals surface area contributed by atoms with E-state index in [-0.39, 0.29) is 11.7 Å². The highest BCUT2D eigenvalue weighted by Gasteiger charge is 2.19.